The molecule has 1 nitrogen and oxygen atoms in total. The third kappa shape index (κ3) is 1.34. The van der Waals surface area contributed by atoms with Crippen molar-refractivity contribution in [3.63, 3.8) is 0 Å². The Kier molecular flexibility index (Phi) is 2.34. The van der Waals surface area contributed by atoms with Crippen LogP contribution in [0.15, 0.2) is 17.0 Å². The fraction of sp³-hybridized carbons (Fsp3) is 0. The number of anilines is 1. The summed E-state index contributed by atoms with van der Waals surface area (Å²) in [6.07, 6.45) is 0. The molecule has 0 unspecified atom stereocenters. The van der Waals surface area contributed by atoms with Crippen LogP contribution in [0.1, 0.15) is 0 Å². The SMILES string of the molecule is Nc1ccc(Cl)c(Cl)c1S. The first kappa shape index (κ1) is 8.05. The summed E-state index contributed by atoms with van der Waals surface area (Å²) >= 11 is 15.4. The van der Waals surface area contributed by atoms with Gasteiger partial charge in [-0.25, -0.2) is 0 Å². The van der Waals surface area contributed by atoms with Crippen LogP contribution in [0.2, 0.25) is 10.0 Å². The zero-order chi connectivity index (χ0) is 7.72. The summed E-state index contributed by atoms with van der Waals surface area (Å²) in [6.45, 7) is 0. The first-order valence-corrected chi connectivity index (χ1v) is 3.75. The molecule has 0 saturated carbocycles. The zero-order valence-corrected chi connectivity index (χ0v) is 7.34. The molecule has 0 radical (unpaired) electrons. The molecule has 2 N–H and O–H groups in total. The normalized spacial score (nSPS) is 9.90. The first-order valence-electron chi connectivity index (χ1n) is 2.55. The third-order valence-electron chi connectivity index (χ3n) is 1.10. The number of thiol groups is 1. The lowest BCUT2D eigenvalue weighted by molar-refractivity contribution is 1.47. The summed E-state index contributed by atoms with van der Waals surface area (Å²) < 4.78 is 0. The van der Waals surface area contributed by atoms with Crippen molar-refractivity contribution in [1.29, 1.82) is 0 Å². The van der Waals surface area contributed by atoms with Crippen LogP contribution >= 0.6 is 35.8 Å². The number of hydrogen-bond donors (Lipinski definition) is 2. The lowest BCUT2D eigenvalue weighted by Crippen LogP contribution is -1.86. The monoisotopic (exact) mass is 193 g/mol. The van der Waals surface area contributed by atoms with Gasteiger partial charge in [-0.1, -0.05) is 23.2 Å². The molecular weight excluding hydrogens is 189 g/mol. The van der Waals surface area contributed by atoms with E-state index < -0.39 is 0 Å². The van der Waals surface area contributed by atoms with Crippen molar-refractivity contribution in [2.75, 3.05) is 5.73 Å². The molecule has 0 aliphatic carbocycles. The molecule has 10 heavy (non-hydrogen) atoms. The van der Waals surface area contributed by atoms with Gasteiger partial charge in [-0.2, -0.15) is 0 Å². The summed E-state index contributed by atoms with van der Waals surface area (Å²) in [5.74, 6) is 0. The van der Waals surface area contributed by atoms with E-state index in [2.05, 4.69) is 12.6 Å². The van der Waals surface area contributed by atoms with E-state index in [4.69, 9.17) is 28.9 Å². The van der Waals surface area contributed by atoms with E-state index in [0.717, 1.165) is 0 Å². The maximum Gasteiger partial charge on any atom is 0.0746 e. The Bertz CT molecular complexity index is 235. The van der Waals surface area contributed by atoms with Gasteiger partial charge in [0, 0.05) is 10.6 Å². The third-order valence-corrected chi connectivity index (χ3v) is 2.52. The molecule has 0 atom stereocenters. The number of rotatable bonds is 0. The molecule has 0 fully saturated rings. The summed E-state index contributed by atoms with van der Waals surface area (Å²) in [4.78, 5) is 0.536. The van der Waals surface area contributed by atoms with Crippen LogP contribution in [-0.4, -0.2) is 0 Å². The average Bonchev–Trinajstić information content (AvgIpc) is 1.93. The molecule has 0 saturated heterocycles. The van der Waals surface area contributed by atoms with E-state index in [1.807, 2.05) is 0 Å². The summed E-state index contributed by atoms with van der Waals surface area (Å²) in [5, 5.41) is 0.880. The van der Waals surface area contributed by atoms with Crippen LogP contribution in [0, 0.1) is 0 Å². The largest absolute Gasteiger partial charge is 0.398 e. The Morgan fingerprint density at radius 3 is 2.40 bits per heavy atom. The van der Waals surface area contributed by atoms with Crippen molar-refractivity contribution >= 4 is 41.5 Å². The van der Waals surface area contributed by atoms with Crippen molar-refractivity contribution < 1.29 is 0 Å². The Hall–Kier alpha value is -0.0500. The lowest BCUT2D eigenvalue weighted by Gasteiger charge is -2.01. The van der Waals surface area contributed by atoms with Crippen molar-refractivity contribution in [3.8, 4) is 0 Å². The van der Waals surface area contributed by atoms with E-state index in [9.17, 15) is 0 Å². The first-order chi connectivity index (χ1) is 4.63. The van der Waals surface area contributed by atoms with Gasteiger partial charge in [-0.3, -0.25) is 0 Å². The van der Waals surface area contributed by atoms with Crippen LogP contribution in [0.5, 0.6) is 0 Å². The summed E-state index contributed by atoms with van der Waals surface area (Å²) in [7, 11) is 0. The van der Waals surface area contributed by atoms with Gasteiger partial charge in [-0.05, 0) is 12.1 Å². The highest BCUT2D eigenvalue weighted by molar-refractivity contribution is 7.80. The van der Waals surface area contributed by atoms with Crippen molar-refractivity contribution in [2.45, 2.75) is 4.90 Å². The van der Waals surface area contributed by atoms with Crippen LogP contribution in [-0.2, 0) is 0 Å². The average molecular weight is 194 g/mol. The molecule has 54 valence electrons. The minimum Gasteiger partial charge on any atom is -0.398 e. The highest BCUT2D eigenvalue weighted by Gasteiger charge is 2.03. The molecular formula is C6H5Cl2NS. The zero-order valence-electron chi connectivity index (χ0n) is 4.94. The summed E-state index contributed by atoms with van der Waals surface area (Å²) in [6, 6.07) is 3.30. The van der Waals surface area contributed by atoms with Gasteiger partial charge in [0.2, 0.25) is 0 Å². The lowest BCUT2D eigenvalue weighted by atomic mass is 10.3. The van der Waals surface area contributed by atoms with Crippen molar-refractivity contribution in [1.82, 2.24) is 0 Å². The minimum atomic E-state index is 0.407. The predicted molar refractivity (Wildman–Crippen MR) is 48.1 cm³/mol. The van der Waals surface area contributed by atoms with Crippen LogP contribution in [0.4, 0.5) is 5.69 Å². The van der Waals surface area contributed by atoms with Crippen molar-refractivity contribution in [2.24, 2.45) is 0 Å². The maximum absolute atomic E-state index is 5.69. The molecule has 1 rings (SSSR count). The summed E-state index contributed by atoms with van der Waals surface area (Å²) in [5.41, 5.74) is 6.01. The Morgan fingerprint density at radius 1 is 1.30 bits per heavy atom. The fourth-order valence-electron chi connectivity index (χ4n) is 0.555. The van der Waals surface area contributed by atoms with Crippen LogP contribution in [0.3, 0.4) is 0 Å². The van der Waals surface area contributed by atoms with E-state index in [-0.39, 0.29) is 0 Å². The second-order valence-electron chi connectivity index (χ2n) is 1.80. The Labute approximate surface area is 74.5 Å². The molecule has 0 heterocycles. The quantitative estimate of drug-likeness (QED) is 0.482. The molecule has 1 aromatic rings. The molecule has 4 heteroatoms. The molecule has 0 spiro atoms. The molecule has 0 aliphatic rings. The maximum atomic E-state index is 5.69. The van der Waals surface area contributed by atoms with Crippen molar-refractivity contribution in [3.05, 3.63) is 22.2 Å². The second-order valence-corrected chi connectivity index (χ2v) is 3.03. The Balaban J connectivity index is 3.34. The van der Waals surface area contributed by atoms with E-state index in [1.165, 1.54) is 0 Å². The van der Waals surface area contributed by atoms with Gasteiger partial charge in [0.25, 0.3) is 0 Å². The minimum absolute atomic E-state index is 0.407. The highest BCUT2D eigenvalue weighted by atomic mass is 35.5. The number of benzene rings is 1. The van der Waals surface area contributed by atoms with Crippen LogP contribution in [0.25, 0.3) is 0 Å². The smallest absolute Gasteiger partial charge is 0.0746 e. The second kappa shape index (κ2) is 2.91. The number of nitrogens with two attached hydrogens (primary N) is 1. The molecule has 0 aliphatic heterocycles. The topological polar surface area (TPSA) is 26.0 Å². The number of halogens is 2. The Morgan fingerprint density at radius 2 is 1.90 bits per heavy atom. The number of hydrogen-bond acceptors (Lipinski definition) is 2. The van der Waals surface area contributed by atoms with Gasteiger partial charge in [0.15, 0.2) is 0 Å². The van der Waals surface area contributed by atoms with Gasteiger partial charge < -0.3 is 5.73 Å². The van der Waals surface area contributed by atoms with Gasteiger partial charge in [0.1, 0.15) is 0 Å². The van der Waals surface area contributed by atoms with E-state index in [1.54, 1.807) is 12.1 Å². The van der Waals surface area contributed by atoms with E-state index in [0.29, 0.717) is 20.6 Å². The van der Waals surface area contributed by atoms with Gasteiger partial charge in [-0.15, -0.1) is 12.6 Å². The standard InChI is InChI=1S/C6H5Cl2NS/c7-3-1-2-4(9)6(10)5(3)8/h1-2,10H,9H2. The predicted octanol–water partition coefficient (Wildman–Crippen LogP) is 2.86. The van der Waals surface area contributed by atoms with Crippen LogP contribution < -0.4 is 5.73 Å². The highest BCUT2D eigenvalue weighted by Crippen LogP contribution is 2.32. The molecule has 0 aromatic heterocycles. The molecule has 0 amide bonds. The number of nitrogen functional groups attached to an aromatic ring is 1. The van der Waals surface area contributed by atoms with E-state index >= 15 is 0 Å². The molecule has 0 bridgehead atoms. The fourth-order valence-corrected chi connectivity index (χ4v) is 1.15. The van der Waals surface area contributed by atoms with Gasteiger partial charge >= 0.3 is 0 Å². The molecule has 1 aromatic carbocycles. The van der Waals surface area contributed by atoms with Gasteiger partial charge in [0.05, 0.1) is 10.0 Å².